The lowest BCUT2D eigenvalue weighted by Crippen LogP contribution is -2.07. The van der Waals surface area contributed by atoms with Crippen molar-refractivity contribution in [3.8, 4) is 28.6 Å². The van der Waals surface area contributed by atoms with E-state index in [9.17, 15) is 0 Å². The lowest BCUT2D eigenvalue weighted by atomic mass is 10.2. The summed E-state index contributed by atoms with van der Waals surface area (Å²) in [5.41, 5.74) is 3.37. The van der Waals surface area contributed by atoms with Crippen LogP contribution in [0.25, 0.3) is 17.1 Å². The van der Waals surface area contributed by atoms with E-state index < -0.39 is 0 Å². The number of nitrogens with zero attached hydrogens (tertiary/aromatic N) is 6. The molecule has 32 heavy (non-hydrogen) atoms. The van der Waals surface area contributed by atoms with Crippen molar-refractivity contribution >= 4 is 17.9 Å². The topological polar surface area (TPSA) is 99.9 Å². The van der Waals surface area contributed by atoms with Crippen LogP contribution in [0.15, 0.2) is 55.1 Å². The van der Waals surface area contributed by atoms with Gasteiger partial charge in [0.15, 0.2) is 5.82 Å². The molecule has 3 heterocycles. The molecule has 9 nitrogen and oxygen atoms in total. The van der Waals surface area contributed by atoms with Crippen LogP contribution in [0, 0.1) is 6.92 Å². The average molecular weight is 450 g/mol. The Labute approximate surface area is 190 Å². The smallest absolute Gasteiger partial charge is 0.239 e. The van der Waals surface area contributed by atoms with Crippen LogP contribution in [0.5, 0.6) is 11.5 Å². The maximum atomic E-state index is 5.63. The van der Waals surface area contributed by atoms with Crippen molar-refractivity contribution in [3.05, 3.63) is 66.5 Å². The number of pyridine rings is 1. The third-order valence-electron chi connectivity index (χ3n) is 4.67. The van der Waals surface area contributed by atoms with Gasteiger partial charge in [0, 0.05) is 42.5 Å². The zero-order valence-corrected chi connectivity index (χ0v) is 18.8. The Morgan fingerprint density at radius 2 is 1.78 bits per heavy atom. The normalized spacial score (nSPS) is 10.7. The van der Waals surface area contributed by atoms with Gasteiger partial charge < -0.3 is 9.47 Å². The van der Waals surface area contributed by atoms with E-state index in [1.807, 2.05) is 41.8 Å². The number of benzene rings is 1. The molecule has 0 atom stereocenters. The number of nitrogens with one attached hydrogen (secondary N) is 1. The summed E-state index contributed by atoms with van der Waals surface area (Å²) in [5.74, 6) is 3.21. The molecule has 1 aromatic carbocycles. The van der Waals surface area contributed by atoms with Crippen LogP contribution in [0.4, 0.5) is 5.95 Å². The predicted octanol–water partition coefficient (Wildman–Crippen LogP) is 3.75. The van der Waals surface area contributed by atoms with E-state index in [1.54, 1.807) is 39.0 Å². The molecule has 0 radical (unpaired) electrons. The summed E-state index contributed by atoms with van der Waals surface area (Å²) in [6, 6.07) is 9.41. The first-order valence-electron chi connectivity index (χ1n) is 9.93. The van der Waals surface area contributed by atoms with E-state index >= 15 is 0 Å². The molecule has 0 aliphatic heterocycles. The fourth-order valence-electron chi connectivity index (χ4n) is 3.12. The van der Waals surface area contributed by atoms with E-state index in [0.717, 1.165) is 29.1 Å². The van der Waals surface area contributed by atoms with Crippen LogP contribution in [-0.2, 0) is 6.42 Å². The van der Waals surface area contributed by atoms with Gasteiger partial charge in [0.2, 0.25) is 5.95 Å². The third-order valence-corrected chi connectivity index (χ3v) is 5.40. The van der Waals surface area contributed by atoms with Crippen molar-refractivity contribution in [2.75, 3.05) is 24.7 Å². The number of aromatic nitrogens is 6. The fraction of sp³-hybridized carbons (Fsp3) is 0.227. The van der Waals surface area contributed by atoms with Crippen LogP contribution in [0.2, 0.25) is 0 Å². The first-order chi connectivity index (χ1) is 15.7. The van der Waals surface area contributed by atoms with Gasteiger partial charge in [-0.2, -0.15) is 0 Å². The second kappa shape index (κ2) is 10.1. The van der Waals surface area contributed by atoms with Crippen LogP contribution >= 0.6 is 11.9 Å². The lowest BCUT2D eigenvalue weighted by molar-refractivity contribution is 0.391. The van der Waals surface area contributed by atoms with Crippen LogP contribution in [-0.4, -0.2) is 49.7 Å². The third kappa shape index (κ3) is 4.65. The maximum Gasteiger partial charge on any atom is 0.239 e. The minimum atomic E-state index is 0.548. The molecule has 0 aliphatic carbocycles. The molecular formula is C22H23N7O2S. The highest BCUT2D eigenvalue weighted by molar-refractivity contribution is 8.00. The van der Waals surface area contributed by atoms with Gasteiger partial charge in [0.1, 0.15) is 17.2 Å². The molecule has 0 saturated carbocycles. The minimum Gasteiger partial charge on any atom is -0.494 e. The molecule has 10 heteroatoms. The highest BCUT2D eigenvalue weighted by atomic mass is 32.2. The van der Waals surface area contributed by atoms with Gasteiger partial charge in [0.25, 0.3) is 0 Å². The second-order valence-electron chi connectivity index (χ2n) is 6.79. The fourth-order valence-corrected chi connectivity index (χ4v) is 3.79. The lowest BCUT2D eigenvalue weighted by Gasteiger charge is -2.17. The summed E-state index contributed by atoms with van der Waals surface area (Å²) >= 11 is 1.51. The Kier molecular flexibility index (Phi) is 6.81. The number of anilines is 1. The Balaban J connectivity index is 1.65. The van der Waals surface area contributed by atoms with E-state index in [4.69, 9.17) is 9.47 Å². The average Bonchev–Trinajstić information content (AvgIpc) is 3.26. The number of hydrogen-bond donors (Lipinski definition) is 1. The molecular weight excluding hydrogens is 426 g/mol. The van der Waals surface area contributed by atoms with E-state index in [2.05, 4.69) is 29.9 Å². The summed E-state index contributed by atoms with van der Waals surface area (Å²) in [4.78, 5) is 12.9. The van der Waals surface area contributed by atoms with Gasteiger partial charge in [0.05, 0.1) is 25.6 Å². The van der Waals surface area contributed by atoms with Crippen molar-refractivity contribution in [3.63, 3.8) is 0 Å². The number of methoxy groups -OCH3 is 2. The minimum absolute atomic E-state index is 0.548. The summed E-state index contributed by atoms with van der Waals surface area (Å²) in [6.45, 7) is 1.92. The number of ether oxygens (including phenoxy) is 2. The summed E-state index contributed by atoms with van der Waals surface area (Å²) in [7, 11) is 3.24. The number of rotatable bonds is 9. The van der Waals surface area contributed by atoms with E-state index in [-0.39, 0.29) is 0 Å². The zero-order valence-electron chi connectivity index (χ0n) is 18.0. The molecule has 0 unspecified atom stereocenters. The largest absolute Gasteiger partial charge is 0.494 e. The molecule has 0 spiro atoms. The van der Waals surface area contributed by atoms with Crippen LogP contribution in [0.3, 0.4) is 0 Å². The van der Waals surface area contributed by atoms with E-state index in [1.165, 1.54) is 11.9 Å². The quantitative estimate of drug-likeness (QED) is 0.302. The molecule has 0 bridgehead atoms. The Bertz CT molecular complexity index is 1140. The Hall–Kier alpha value is -3.66. The predicted molar refractivity (Wildman–Crippen MR) is 124 cm³/mol. The highest BCUT2D eigenvalue weighted by Gasteiger charge is 2.22. The number of aryl methyl sites for hydroxylation is 2. The molecule has 0 saturated heterocycles. The van der Waals surface area contributed by atoms with Crippen molar-refractivity contribution in [2.45, 2.75) is 13.3 Å². The summed E-state index contributed by atoms with van der Waals surface area (Å²) in [5, 5.41) is 8.81. The van der Waals surface area contributed by atoms with Gasteiger partial charge in [-0.15, -0.1) is 10.2 Å². The molecule has 0 fully saturated rings. The van der Waals surface area contributed by atoms with Gasteiger partial charge in [-0.05, 0) is 43.1 Å². The van der Waals surface area contributed by atoms with Gasteiger partial charge in [-0.1, -0.05) is 6.07 Å². The van der Waals surface area contributed by atoms with Crippen molar-refractivity contribution in [1.82, 2.24) is 29.7 Å². The van der Waals surface area contributed by atoms with Gasteiger partial charge in [-0.3, -0.25) is 24.2 Å². The Morgan fingerprint density at radius 1 is 0.969 bits per heavy atom. The maximum absolute atomic E-state index is 5.63. The van der Waals surface area contributed by atoms with Crippen molar-refractivity contribution < 1.29 is 9.47 Å². The first kappa shape index (κ1) is 21.6. The SMILES string of the molecule is COc1cccc(OC)c1-n1c(NSCCc2cnc(C)cn2)nnc1-c1cccnc1. The van der Waals surface area contributed by atoms with Gasteiger partial charge >= 0.3 is 0 Å². The summed E-state index contributed by atoms with van der Waals surface area (Å²) < 4.78 is 16.5. The summed E-state index contributed by atoms with van der Waals surface area (Å²) in [6.07, 6.45) is 7.82. The van der Waals surface area contributed by atoms with Crippen LogP contribution in [0.1, 0.15) is 11.4 Å². The van der Waals surface area contributed by atoms with E-state index in [0.29, 0.717) is 29.0 Å². The number of hydrogen-bond acceptors (Lipinski definition) is 9. The molecule has 4 rings (SSSR count). The van der Waals surface area contributed by atoms with Crippen molar-refractivity contribution in [1.29, 1.82) is 0 Å². The zero-order chi connectivity index (χ0) is 22.3. The standard InChI is InChI=1S/C22H23N7O2S/c1-15-12-25-17(14-24-15)9-11-32-28-22-27-26-21(16-6-5-10-23-13-16)29(22)20-18(30-2)7-4-8-19(20)31-3/h4-8,10,12-14H,9,11H2,1-3H3,(H,27,28). The Morgan fingerprint density at radius 3 is 2.44 bits per heavy atom. The van der Waals surface area contributed by atoms with Crippen molar-refractivity contribution in [2.24, 2.45) is 0 Å². The second-order valence-corrected chi connectivity index (χ2v) is 7.69. The van der Waals surface area contributed by atoms with Crippen LogP contribution < -0.4 is 14.2 Å². The first-order valence-corrected chi connectivity index (χ1v) is 10.9. The number of para-hydroxylation sites is 1. The molecule has 1 N–H and O–H groups in total. The molecule has 3 aromatic heterocycles. The molecule has 0 amide bonds. The monoisotopic (exact) mass is 449 g/mol. The molecule has 4 aromatic rings. The van der Waals surface area contributed by atoms with Gasteiger partial charge in [-0.25, -0.2) is 0 Å². The highest BCUT2D eigenvalue weighted by Crippen LogP contribution is 2.37. The molecule has 0 aliphatic rings. The molecule has 164 valence electrons.